The third kappa shape index (κ3) is 2.99. The fourth-order valence-electron chi connectivity index (χ4n) is 5.10. The zero-order valence-electron chi connectivity index (χ0n) is 15.4. The maximum atomic E-state index is 6.13. The summed E-state index contributed by atoms with van der Waals surface area (Å²) in [6.45, 7) is 0. The Morgan fingerprint density at radius 3 is 2.59 bits per heavy atom. The lowest BCUT2D eigenvalue weighted by Crippen LogP contribution is -2.44. The first-order chi connectivity index (χ1) is 13.2. The van der Waals surface area contributed by atoms with Crippen LogP contribution in [0.1, 0.15) is 42.4 Å². The quantitative estimate of drug-likeness (QED) is 0.582. The van der Waals surface area contributed by atoms with Crippen LogP contribution in [0.4, 0.5) is 0 Å². The van der Waals surface area contributed by atoms with E-state index in [0.717, 1.165) is 28.5 Å². The molecule has 5 rings (SSSR count). The summed E-state index contributed by atoms with van der Waals surface area (Å²) in [7, 11) is 2.27. The lowest BCUT2D eigenvalue weighted by Gasteiger charge is -2.42. The van der Waals surface area contributed by atoms with Crippen molar-refractivity contribution in [2.75, 3.05) is 7.05 Å². The van der Waals surface area contributed by atoms with Crippen LogP contribution >= 0.6 is 11.6 Å². The van der Waals surface area contributed by atoms with Crippen LogP contribution in [-0.4, -0.2) is 29.2 Å². The fourth-order valence-corrected chi connectivity index (χ4v) is 5.22. The molecule has 0 aliphatic carbocycles. The maximum absolute atomic E-state index is 6.13. The highest BCUT2D eigenvalue weighted by Gasteiger charge is 2.48. The van der Waals surface area contributed by atoms with Gasteiger partial charge in [0.25, 0.3) is 0 Å². The molecule has 27 heavy (non-hydrogen) atoms. The second-order valence-corrected chi connectivity index (χ2v) is 8.30. The summed E-state index contributed by atoms with van der Waals surface area (Å²) >= 11 is 6.13. The molecule has 2 aliphatic rings. The van der Waals surface area contributed by atoms with Gasteiger partial charge in [0.15, 0.2) is 0 Å². The van der Waals surface area contributed by atoms with Gasteiger partial charge in [0.1, 0.15) is 11.5 Å². The van der Waals surface area contributed by atoms with Gasteiger partial charge >= 0.3 is 0 Å². The van der Waals surface area contributed by atoms with Gasteiger partial charge in [-0.25, -0.2) is 0 Å². The molecule has 2 fully saturated rings. The van der Waals surface area contributed by atoms with Crippen molar-refractivity contribution in [3.05, 3.63) is 77.0 Å². The highest BCUT2D eigenvalue weighted by Crippen LogP contribution is 2.51. The molecule has 0 spiro atoms. The van der Waals surface area contributed by atoms with Gasteiger partial charge < -0.3 is 4.52 Å². The Bertz CT molecular complexity index is 921. The molecule has 2 unspecified atom stereocenters. The molecule has 138 valence electrons. The van der Waals surface area contributed by atoms with Gasteiger partial charge in [0.2, 0.25) is 0 Å². The molecular weight excluding hydrogens is 356 g/mol. The first kappa shape index (κ1) is 17.0. The Morgan fingerprint density at radius 1 is 1.04 bits per heavy atom. The second kappa shape index (κ2) is 6.81. The van der Waals surface area contributed by atoms with Crippen LogP contribution in [-0.2, 0) is 0 Å². The van der Waals surface area contributed by atoms with Gasteiger partial charge in [-0.1, -0.05) is 59.2 Å². The first-order valence-corrected chi connectivity index (χ1v) is 10.1. The molecule has 0 N–H and O–H groups in total. The smallest absolute Gasteiger partial charge is 0.142 e. The van der Waals surface area contributed by atoms with Crippen LogP contribution in [0.25, 0.3) is 11.3 Å². The Kier molecular flexibility index (Phi) is 4.30. The molecule has 4 atom stereocenters. The summed E-state index contributed by atoms with van der Waals surface area (Å²) in [6, 6.07) is 21.9. The molecule has 2 aliphatic heterocycles. The predicted octanol–water partition coefficient (Wildman–Crippen LogP) is 5.73. The van der Waals surface area contributed by atoms with Crippen molar-refractivity contribution in [3.63, 3.8) is 0 Å². The highest BCUT2D eigenvalue weighted by atomic mass is 35.5. The number of hydrogen-bond acceptors (Lipinski definition) is 3. The van der Waals surface area contributed by atoms with Crippen molar-refractivity contribution in [1.82, 2.24) is 10.1 Å². The molecular formula is C23H23ClN2O. The van der Waals surface area contributed by atoms with E-state index in [1.807, 2.05) is 30.3 Å². The van der Waals surface area contributed by atoms with Crippen LogP contribution in [0, 0.1) is 0 Å². The summed E-state index contributed by atoms with van der Waals surface area (Å²) in [5.74, 6) is 1.76. The Hall–Kier alpha value is -2.10. The average Bonchev–Trinajstić information content (AvgIpc) is 3.26. The van der Waals surface area contributed by atoms with Gasteiger partial charge in [-0.15, -0.1) is 0 Å². The van der Waals surface area contributed by atoms with Crippen LogP contribution in [0.15, 0.2) is 65.2 Å². The minimum atomic E-state index is 0.319. The number of halogens is 1. The Labute approximate surface area is 164 Å². The molecule has 0 radical (unpaired) electrons. The molecule has 2 saturated heterocycles. The summed E-state index contributed by atoms with van der Waals surface area (Å²) in [5.41, 5.74) is 3.37. The molecule has 3 nitrogen and oxygen atoms in total. The van der Waals surface area contributed by atoms with Crippen molar-refractivity contribution in [3.8, 4) is 11.3 Å². The summed E-state index contributed by atoms with van der Waals surface area (Å²) < 4.78 is 5.93. The number of nitrogens with zero attached hydrogens (tertiary/aromatic N) is 2. The van der Waals surface area contributed by atoms with E-state index in [1.165, 1.54) is 18.4 Å². The van der Waals surface area contributed by atoms with Crippen LogP contribution in [0.5, 0.6) is 0 Å². The topological polar surface area (TPSA) is 29.3 Å². The predicted molar refractivity (Wildman–Crippen MR) is 108 cm³/mol. The van der Waals surface area contributed by atoms with Gasteiger partial charge in [0.05, 0.1) is 0 Å². The first-order valence-electron chi connectivity index (χ1n) is 9.70. The van der Waals surface area contributed by atoms with Crippen molar-refractivity contribution in [2.45, 2.75) is 43.2 Å². The van der Waals surface area contributed by atoms with Crippen LogP contribution in [0.2, 0.25) is 5.02 Å². The number of fused-ring (bicyclic) bond motifs is 2. The molecule has 0 saturated carbocycles. The van der Waals surface area contributed by atoms with E-state index in [-0.39, 0.29) is 0 Å². The lowest BCUT2D eigenvalue weighted by atomic mass is 9.75. The molecule has 4 heteroatoms. The number of piperidine rings is 1. The van der Waals surface area contributed by atoms with Crippen molar-refractivity contribution < 1.29 is 4.52 Å². The lowest BCUT2D eigenvalue weighted by molar-refractivity contribution is 0.122. The van der Waals surface area contributed by atoms with Crippen LogP contribution in [0.3, 0.4) is 0 Å². The van der Waals surface area contributed by atoms with E-state index in [4.69, 9.17) is 16.1 Å². The van der Waals surface area contributed by atoms with Gasteiger partial charge in [-0.2, -0.15) is 0 Å². The molecule has 2 bridgehead atoms. The van der Waals surface area contributed by atoms with Crippen molar-refractivity contribution in [2.24, 2.45) is 0 Å². The highest BCUT2D eigenvalue weighted by molar-refractivity contribution is 6.30. The standard InChI is InChI=1S/C23H23ClN2O/c1-26-18-11-12-21(26)23(19(13-18)15-7-9-17(24)10-8-15)22-14-20(25-27-22)16-5-3-2-4-6-16/h2-10,14,18-19,21,23H,11-13H2,1H3/t18-,19?,21?,23+/m1/s1. The minimum Gasteiger partial charge on any atom is -0.360 e. The number of likely N-dealkylation sites (N-methyl/N-ethyl adjacent to an activating group) is 1. The fraction of sp³-hybridized carbons (Fsp3) is 0.348. The third-order valence-corrected chi connectivity index (χ3v) is 6.75. The van der Waals surface area contributed by atoms with E-state index in [1.54, 1.807) is 0 Å². The van der Waals surface area contributed by atoms with Crippen molar-refractivity contribution >= 4 is 11.6 Å². The molecule has 1 aromatic heterocycles. The average molecular weight is 379 g/mol. The number of aromatic nitrogens is 1. The molecule has 2 aromatic carbocycles. The number of hydrogen-bond donors (Lipinski definition) is 0. The zero-order valence-corrected chi connectivity index (χ0v) is 16.1. The van der Waals surface area contributed by atoms with E-state index < -0.39 is 0 Å². The van der Waals surface area contributed by atoms with E-state index in [0.29, 0.717) is 23.9 Å². The SMILES string of the molecule is CN1C2CC[C@@H]1CC(c1ccc(Cl)cc1)[C@@H]2c1cc(-c2ccccc2)no1. The Morgan fingerprint density at radius 2 is 1.81 bits per heavy atom. The van der Waals surface area contributed by atoms with Crippen molar-refractivity contribution in [1.29, 1.82) is 0 Å². The van der Waals surface area contributed by atoms with E-state index in [2.05, 4.69) is 47.4 Å². The van der Waals surface area contributed by atoms with E-state index in [9.17, 15) is 0 Å². The third-order valence-electron chi connectivity index (χ3n) is 6.49. The normalized spacial score (nSPS) is 27.8. The van der Waals surface area contributed by atoms with E-state index >= 15 is 0 Å². The maximum Gasteiger partial charge on any atom is 0.142 e. The second-order valence-electron chi connectivity index (χ2n) is 7.86. The minimum absolute atomic E-state index is 0.319. The Balaban J connectivity index is 1.54. The van der Waals surface area contributed by atoms with Gasteiger partial charge in [-0.3, -0.25) is 4.90 Å². The monoisotopic (exact) mass is 378 g/mol. The zero-order chi connectivity index (χ0) is 18.4. The molecule has 3 heterocycles. The largest absolute Gasteiger partial charge is 0.360 e. The van der Waals surface area contributed by atoms with Crippen LogP contribution < -0.4 is 0 Å². The summed E-state index contributed by atoms with van der Waals surface area (Å²) in [4.78, 5) is 2.56. The van der Waals surface area contributed by atoms with Gasteiger partial charge in [0, 0.05) is 34.7 Å². The molecule has 3 aromatic rings. The summed E-state index contributed by atoms with van der Waals surface area (Å²) in [5, 5.41) is 5.19. The number of rotatable bonds is 3. The molecule has 0 amide bonds. The van der Waals surface area contributed by atoms with Gasteiger partial charge in [-0.05, 0) is 49.9 Å². The number of benzene rings is 2. The summed E-state index contributed by atoms with van der Waals surface area (Å²) in [6.07, 6.45) is 3.64.